The molecule has 0 bridgehead atoms. The molecule has 0 saturated heterocycles. The number of carbonyl (C=O) groups is 1. The van der Waals surface area contributed by atoms with Crippen LogP contribution in [-0.2, 0) is 19.5 Å². The van der Waals surface area contributed by atoms with Crippen molar-refractivity contribution in [2.75, 3.05) is 0 Å². The maximum atomic E-state index is 14.0. The number of rotatable bonds is 8. The van der Waals surface area contributed by atoms with Crippen LogP contribution in [0.3, 0.4) is 0 Å². The Balaban J connectivity index is 1.33. The molecule has 0 atom stereocenters. The summed E-state index contributed by atoms with van der Waals surface area (Å²) < 4.78 is 15.6. The van der Waals surface area contributed by atoms with Crippen LogP contribution in [0, 0.1) is 22.6 Å². The van der Waals surface area contributed by atoms with Crippen molar-refractivity contribution >= 4 is 11.7 Å². The Morgan fingerprint density at radius 1 is 1.06 bits per heavy atom. The van der Waals surface area contributed by atoms with Gasteiger partial charge in [-0.3, -0.25) is 14.9 Å². The highest BCUT2D eigenvalue weighted by Gasteiger charge is 2.11. The SMILES string of the molecule is N#Cc1cccc(Cc2ccc(Cn3cc(C(=O)NCc4ccc(C(=N)N)c(F)c4)cn3)cc2)c1. The fourth-order valence-corrected chi connectivity index (χ4v) is 3.67. The molecule has 4 rings (SSSR count). The van der Waals surface area contributed by atoms with Crippen LogP contribution in [0.4, 0.5) is 4.39 Å². The Hall–Kier alpha value is -4.77. The number of aromatic nitrogens is 2. The van der Waals surface area contributed by atoms with Crippen molar-refractivity contribution in [2.45, 2.75) is 19.5 Å². The molecule has 3 aromatic carbocycles. The Morgan fingerprint density at radius 2 is 1.80 bits per heavy atom. The molecular weight excluding hydrogens is 443 g/mol. The zero-order valence-electron chi connectivity index (χ0n) is 18.8. The second-order valence-electron chi connectivity index (χ2n) is 8.14. The molecule has 0 aliphatic heterocycles. The zero-order chi connectivity index (χ0) is 24.8. The van der Waals surface area contributed by atoms with Crippen LogP contribution in [0.15, 0.2) is 79.1 Å². The van der Waals surface area contributed by atoms with E-state index in [1.807, 2.05) is 42.5 Å². The average Bonchev–Trinajstić information content (AvgIpc) is 3.32. The molecule has 4 aromatic rings. The van der Waals surface area contributed by atoms with Gasteiger partial charge in [-0.1, -0.05) is 42.5 Å². The quantitative estimate of drug-likeness (QED) is 0.271. The molecule has 35 heavy (non-hydrogen) atoms. The molecule has 1 amide bonds. The summed E-state index contributed by atoms with van der Waals surface area (Å²) in [5.74, 6) is -1.26. The molecule has 1 aromatic heterocycles. The van der Waals surface area contributed by atoms with Gasteiger partial charge in [0.25, 0.3) is 5.91 Å². The number of halogens is 1. The Kier molecular flexibility index (Phi) is 6.98. The molecule has 0 aliphatic rings. The van der Waals surface area contributed by atoms with Gasteiger partial charge in [0.1, 0.15) is 11.7 Å². The van der Waals surface area contributed by atoms with Gasteiger partial charge in [0.05, 0.1) is 35.5 Å². The smallest absolute Gasteiger partial charge is 0.254 e. The second kappa shape index (κ2) is 10.4. The number of hydrogen-bond acceptors (Lipinski definition) is 4. The molecule has 4 N–H and O–H groups in total. The number of amidine groups is 1. The summed E-state index contributed by atoms with van der Waals surface area (Å²) in [5, 5.41) is 23.4. The third kappa shape index (κ3) is 5.97. The minimum absolute atomic E-state index is 0.0302. The average molecular weight is 467 g/mol. The van der Waals surface area contributed by atoms with E-state index in [2.05, 4.69) is 16.5 Å². The summed E-state index contributed by atoms with van der Waals surface area (Å²) >= 11 is 0. The fourth-order valence-electron chi connectivity index (χ4n) is 3.67. The Bertz CT molecular complexity index is 1420. The lowest BCUT2D eigenvalue weighted by molar-refractivity contribution is 0.0950. The Labute approximate surface area is 202 Å². The first kappa shape index (κ1) is 23.4. The number of benzene rings is 3. The number of nitriles is 1. The van der Waals surface area contributed by atoms with E-state index in [9.17, 15) is 9.18 Å². The minimum atomic E-state index is -0.598. The first-order valence-electron chi connectivity index (χ1n) is 10.9. The fraction of sp³-hybridized carbons (Fsp3) is 0.111. The predicted molar refractivity (Wildman–Crippen MR) is 130 cm³/mol. The van der Waals surface area contributed by atoms with Crippen LogP contribution in [0.1, 0.15) is 43.7 Å². The van der Waals surface area contributed by atoms with Crippen LogP contribution in [0.5, 0.6) is 0 Å². The van der Waals surface area contributed by atoms with Gasteiger partial charge < -0.3 is 11.1 Å². The number of nitrogens with two attached hydrogens (primary N) is 1. The van der Waals surface area contributed by atoms with Crippen molar-refractivity contribution in [3.8, 4) is 6.07 Å². The lowest BCUT2D eigenvalue weighted by Gasteiger charge is -2.07. The van der Waals surface area contributed by atoms with Crippen molar-refractivity contribution in [3.05, 3.63) is 124 Å². The van der Waals surface area contributed by atoms with Gasteiger partial charge in [-0.2, -0.15) is 10.4 Å². The minimum Gasteiger partial charge on any atom is -0.384 e. The van der Waals surface area contributed by atoms with Gasteiger partial charge in [0.15, 0.2) is 0 Å². The van der Waals surface area contributed by atoms with Crippen LogP contribution in [0.25, 0.3) is 0 Å². The highest BCUT2D eigenvalue weighted by molar-refractivity contribution is 5.95. The number of hydrogen-bond donors (Lipinski definition) is 3. The summed E-state index contributed by atoms with van der Waals surface area (Å²) in [7, 11) is 0. The van der Waals surface area contributed by atoms with Crippen molar-refractivity contribution in [1.29, 1.82) is 10.7 Å². The van der Waals surface area contributed by atoms with Crippen molar-refractivity contribution in [2.24, 2.45) is 5.73 Å². The Morgan fingerprint density at radius 3 is 2.51 bits per heavy atom. The lowest BCUT2D eigenvalue weighted by atomic mass is 10.0. The van der Waals surface area contributed by atoms with E-state index in [4.69, 9.17) is 16.4 Å². The lowest BCUT2D eigenvalue weighted by Crippen LogP contribution is -2.22. The summed E-state index contributed by atoms with van der Waals surface area (Å²) in [6, 6.07) is 22.1. The van der Waals surface area contributed by atoms with E-state index in [-0.39, 0.29) is 23.9 Å². The van der Waals surface area contributed by atoms with Crippen molar-refractivity contribution < 1.29 is 9.18 Å². The van der Waals surface area contributed by atoms with Gasteiger partial charge in [0, 0.05) is 12.7 Å². The molecule has 0 spiro atoms. The van der Waals surface area contributed by atoms with Gasteiger partial charge >= 0.3 is 0 Å². The predicted octanol–water partition coefficient (Wildman–Crippen LogP) is 3.75. The summed E-state index contributed by atoms with van der Waals surface area (Å²) in [6.07, 6.45) is 3.89. The first-order chi connectivity index (χ1) is 16.9. The van der Waals surface area contributed by atoms with Crippen molar-refractivity contribution in [3.63, 3.8) is 0 Å². The third-order valence-corrected chi connectivity index (χ3v) is 5.50. The first-order valence-corrected chi connectivity index (χ1v) is 10.9. The van der Waals surface area contributed by atoms with E-state index in [0.717, 1.165) is 23.1 Å². The maximum Gasteiger partial charge on any atom is 0.254 e. The molecular formula is C27H23FN6O. The number of amides is 1. The van der Waals surface area contributed by atoms with E-state index in [1.165, 1.54) is 18.3 Å². The highest BCUT2D eigenvalue weighted by atomic mass is 19.1. The van der Waals surface area contributed by atoms with Gasteiger partial charge in [-0.15, -0.1) is 0 Å². The van der Waals surface area contributed by atoms with Crippen LogP contribution in [0.2, 0.25) is 0 Å². The number of carbonyl (C=O) groups excluding carboxylic acids is 1. The molecule has 0 unspecified atom stereocenters. The number of nitrogens with zero attached hydrogens (tertiary/aromatic N) is 3. The summed E-state index contributed by atoms with van der Waals surface area (Å²) in [6.45, 7) is 0.646. The molecule has 0 aliphatic carbocycles. The maximum absolute atomic E-state index is 14.0. The molecule has 7 nitrogen and oxygen atoms in total. The molecule has 0 fully saturated rings. The third-order valence-electron chi connectivity index (χ3n) is 5.50. The molecule has 1 heterocycles. The van der Waals surface area contributed by atoms with E-state index in [1.54, 1.807) is 23.0 Å². The molecule has 174 valence electrons. The second-order valence-corrected chi connectivity index (χ2v) is 8.14. The van der Waals surface area contributed by atoms with E-state index in [0.29, 0.717) is 23.2 Å². The van der Waals surface area contributed by atoms with E-state index >= 15 is 0 Å². The van der Waals surface area contributed by atoms with E-state index < -0.39 is 5.82 Å². The van der Waals surface area contributed by atoms with Crippen molar-refractivity contribution in [1.82, 2.24) is 15.1 Å². The normalized spacial score (nSPS) is 10.5. The zero-order valence-corrected chi connectivity index (χ0v) is 18.8. The molecule has 0 radical (unpaired) electrons. The molecule has 8 heteroatoms. The standard InChI is InChI=1S/C27H23FN6O/c28-25-12-22(8-9-24(25)26(30)31)14-32-27(35)23-15-33-34(17-23)16-19-6-4-18(5-7-19)10-20-2-1-3-21(11-20)13-29/h1-9,11-12,15,17H,10,14,16H2,(H3,30,31)(H,32,35). The summed E-state index contributed by atoms with van der Waals surface area (Å²) in [4.78, 5) is 12.5. The topological polar surface area (TPSA) is 121 Å². The number of nitrogens with one attached hydrogen (secondary N) is 2. The monoisotopic (exact) mass is 466 g/mol. The highest BCUT2D eigenvalue weighted by Crippen LogP contribution is 2.14. The molecule has 0 saturated carbocycles. The van der Waals surface area contributed by atoms with Gasteiger partial charge in [0.2, 0.25) is 0 Å². The van der Waals surface area contributed by atoms with Crippen LogP contribution < -0.4 is 11.1 Å². The summed E-state index contributed by atoms with van der Waals surface area (Å²) in [5.41, 5.74) is 10.2. The number of nitrogen functional groups attached to an aromatic ring is 1. The largest absolute Gasteiger partial charge is 0.384 e. The van der Waals surface area contributed by atoms with Gasteiger partial charge in [-0.05, 0) is 52.9 Å². The van der Waals surface area contributed by atoms with Crippen LogP contribution >= 0.6 is 0 Å². The van der Waals surface area contributed by atoms with Gasteiger partial charge in [-0.25, -0.2) is 4.39 Å². The van der Waals surface area contributed by atoms with Crippen LogP contribution in [-0.4, -0.2) is 21.5 Å².